The van der Waals surface area contributed by atoms with E-state index in [-0.39, 0.29) is 17.2 Å². The van der Waals surface area contributed by atoms with Crippen molar-refractivity contribution < 1.29 is 33.3 Å². The van der Waals surface area contributed by atoms with Gasteiger partial charge in [-0.2, -0.15) is 0 Å². The van der Waals surface area contributed by atoms with Gasteiger partial charge in [-0.1, -0.05) is 0 Å². The molecule has 9 nitrogen and oxygen atoms in total. The van der Waals surface area contributed by atoms with E-state index in [1.54, 1.807) is 44.6 Å². The number of carbonyl (C=O) groups excluding carboxylic acids is 2. The average molecular weight is 499 g/mol. The summed E-state index contributed by atoms with van der Waals surface area (Å²) in [6.07, 6.45) is 2.71. The van der Waals surface area contributed by atoms with Gasteiger partial charge in [0.15, 0.2) is 23.0 Å². The van der Waals surface area contributed by atoms with Gasteiger partial charge >= 0.3 is 0 Å². The summed E-state index contributed by atoms with van der Waals surface area (Å²) < 4.78 is 26.9. The molecule has 2 aromatic carbocycles. The first-order valence-electron chi connectivity index (χ1n) is 12.0. The molecule has 0 aliphatic carbocycles. The van der Waals surface area contributed by atoms with Gasteiger partial charge in [0.05, 0.1) is 35.5 Å². The summed E-state index contributed by atoms with van der Waals surface area (Å²) in [7, 11) is 7.72. The number of methoxy groups -OCH3 is 5. The molecule has 2 aliphatic heterocycles. The number of hydrogen-bond donors (Lipinski definition) is 0. The van der Waals surface area contributed by atoms with Crippen molar-refractivity contribution in [1.29, 1.82) is 0 Å². The summed E-state index contributed by atoms with van der Waals surface area (Å²) in [4.78, 5) is 30.6. The minimum atomic E-state index is -0.124. The van der Waals surface area contributed by atoms with E-state index in [2.05, 4.69) is 0 Å². The van der Waals surface area contributed by atoms with Crippen LogP contribution in [0, 0.1) is 5.41 Å². The fraction of sp³-hybridized carbons (Fsp3) is 0.481. The Morgan fingerprint density at radius 3 is 1.81 bits per heavy atom. The highest BCUT2D eigenvalue weighted by atomic mass is 16.5. The molecule has 2 aliphatic rings. The Labute approximate surface area is 211 Å². The van der Waals surface area contributed by atoms with Crippen molar-refractivity contribution in [3.63, 3.8) is 0 Å². The molecule has 0 radical (unpaired) electrons. The molecule has 2 amide bonds. The lowest BCUT2D eigenvalue weighted by molar-refractivity contribution is 0.0515. The number of carbonyl (C=O) groups is 2. The molecule has 9 heteroatoms. The van der Waals surface area contributed by atoms with Crippen LogP contribution in [0.25, 0.3) is 0 Å². The number of amides is 2. The summed E-state index contributed by atoms with van der Waals surface area (Å²) in [5, 5.41) is 0. The number of rotatable bonds is 7. The molecule has 0 N–H and O–H groups in total. The molecule has 0 saturated carbocycles. The lowest BCUT2D eigenvalue weighted by Gasteiger charge is -2.40. The van der Waals surface area contributed by atoms with E-state index < -0.39 is 0 Å². The van der Waals surface area contributed by atoms with Crippen LogP contribution in [0.3, 0.4) is 0 Å². The van der Waals surface area contributed by atoms with Crippen LogP contribution in [0.15, 0.2) is 30.3 Å². The van der Waals surface area contributed by atoms with E-state index >= 15 is 0 Å². The molecule has 1 spiro atoms. The first kappa shape index (κ1) is 25.5. The van der Waals surface area contributed by atoms with Gasteiger partial charge in [0.2, 0.25) is 5.75 Å². The monoisotopic (exact) mass is 498 g/mol. The zero-order chi connectivity index (χ0) is 25.9. The summed E-state index contributed by atoms with van der Waals surface area (Å²) in [6, 6.07) is 8.60. The van der Waals surface area contributed by atoms with Gasteiger partial charge < -0.3 is 33.5 Å². The summed E-state index contributed by atoms with van der Waals surface area (Å²) >= 11 is 0. The van der Waals surface area contributed by atoms with Crippen LogP contribution in [0.5, 0.6) is 28.7 Å². The molecule has 2 aromatic rings. The first-order valence-corrected chi connectivity index (χ1v) is 12.0. The van der Waals surface area contributed by atoms with E-state index in [4.69, 9.17) is 23.7 Å². The van der Waals surface area contributed by atoms with E-state index in [1.807, 2.05) is 9.80 Å². The lowest BCUT2D eigenvalue weighted by Crippen LogP contribution is -2.47. The SMILES string of the molecule is COc1ccc(C(=O)N2CCC3(CCCN(C(=O)c4cc(OC)c(OC)c(OC)c4)C3)C2)cc1OC. The highest BCUT2D eigenvalue weighted by Gasteiger charge is 2.44. The molecule has 36 heavy (non-hydrogen) atoms. The number of likely N-dealkylation sites (tertiary alicyclic amines) is 2. The maximum Gasteiger partial charge on any atom is 0.254 e. The summed E-state index contributed by atoms with van der Waals surface area (Å²) in [5.74, 6) is 2.32. The molecular weight excluding hydrogens is 464 g/mol. The summed E-state index contributed by atoms with van der Waals surface area (Å²) in [6.45, 7) is 2.53. The molecule has 1 atom stereocenters. The predicted molar refractivity (Wildman–Crippen MR) is 134 cm³/mol. The van der Waals surface area contributed by atoms with Crippen molar-refractivity contribution in [3.8, 4) is 28.7 Å². The molecule has 2 saturated heterocycles. The Hall–Kier alpha value is -3.62. The number of piperidine rings is 1. The molecule has 0 bridgehead atoms. The van der Waals surface area contributed by atoms with Crippen molar-refractivity contribution >= 4 is 11.8 Å². The van der Waals surface area contributed by atoms with Crippen LogP contribution in [0.2, 0.25) is 0 Å². The normalized spacial score (nSPS) is 19.2. The van der Waals surface area contributed by atoms with Crippen LogP contribution >= 0.6 is 0 Å². The Morgan fingerprint density at radius 1 is 0.667 bits per heavy atom. The van der Waals surface area contributed by atoms with Crippen molar-refractivity contribution in [2.45, 2.75) is 19.3 Å². The third-order valence-electron chi connectivity index (χ3n) is 7.22. The van der Waals surface area contributed by atoms with Gasteiger partial charge in [-0.15, -0.1) is 0 Å². The minimum Gasteiger partial charge on any atom is -0.493 e. The third-order valence-corrected chi connectivity index (χ3v) is 7.22. The van der Waals surface area contributed by atoms with E-state index in [9.17, 15) is 9.59 Å². The van der Waals surface area contributed by atoms with Gasteiger partial charge in [0.1, 0.15) is 0 Å². The van der Waals surface area contributed by atoms with Crippen LogP contribution in [-0.4, -0.2) is 83.3 Å². The zero-order valence-corrected chi connectivity index (χ0v) is 21.6. The number of ether oxygens (including phenoxy) is 5. The largest absolute Gasteiger partial charge is 0.493 e. The average Bonchev–Trinajstić information content (AvgIpc) is 3.33. The molecule has 2 heterocycles. The predicted octanol–water partition coefficient (Wildman–Crippen LogP) is 3.50. The maximum atomic E-state index is 13.5. The van der Waals surface area contributed by atoms with Crippen LogP contribution in [0.4, 0.5) is 0 Å². The lowest BCUT2D eigenvalue weighted by atomic mass is 9.79. The Morgan fingerprint density at radius 2 is 1.22 bits per heavy atom. The van der Waals surface area contributed by atoms with Crippen molar-refractivity contribution in [1.82, 2.24) is 9.80 Å². The zero-order valence-electron chi connectivity index (χ0n) is 21.6. The molecule has 1 unspecified atom stereocenters. The molecular formula is C27H34N2O7. The molecule has 0 aromatic heterocycles. The van der Waals surface area contributed by atoms with Crippen LogP contribution < -0.4 is 23.7 Å². The van der Waals surface area contributed by atoms with Gasteiger partial charge in [0.25, 0.3) is 11.8 Å². The van der Waals surface area contributed by atoms with Crippen molar-refractivity contribution in [2.75, 3.05) is 61.7 Å². The van der Waals surface area contributed by atoms with Crippen molar-refractivity contribution in [2.24, 2.45) is 5.41 Å². The van der Waals surface area contributed by atoms with Gasteiger partial charge in [-0.05, 0) is 49.6 Å². The van der Waals surface area contributed by atoms with Gasteiger partial charge in [-0.25, -0.2) is 0 Å². The Kier molecular flexibility index (Phi) is 7.47. The summed E-state index contributed by atoms with van der Waals surface area (Å²) in [5.41, 5.74) is 0.921. The van der Waals surface area contributed by atoms with Gasteiger partial charge in [0, 0.05) is 42.7 Å². The van der Waals surface area contributed by atoms with E-state index in [0.29, 0.717) is 66.1 Å². The molecule has 194 valence electrons. The highest BCUT2D eigenvalue weighted by Crippen LogP contribution is 2.42. The highest BCUT2D eigenvalue weighted by molar-refractivity contribution is 5.96. The molecule has 2 fully saturated rings. The Balaban J connectivity index is 1.50. The second kappa shape index (κ2) is 10.6. The molecule has 4 rings (SSSR count). The number of benzene rings is 2. The fourth-order valence-electron chi connectivity index (χ4n) is 5.36. The van der Waals surface area contributed by atoms with Crippen LogP contribution in [-0.2, 0) is 0 Å². The quantitative estimate of drug-likeness (QED) is 0.578. The maximum absolute atomic E-state index is 13.5. The third kappa shape index (κ3) is 4.74. The number of nitrogens with zero attached hydrogens (tertiary/aromatic N) is 2. The van der Waals surface area contributed by atoms with Crippen molar-refractivity contribution in [3.05, 3.63) is 41.5 Å². The first-order chi connectivity index (χ1) is 17.4. The van der Waals surface area contributed by atoms with Crippen LogP contribution in [0.1, 0.15) is 40.0 Å². The topological polar surface area (TPSA) is 86.8 Å². The van der Waals surface area contributed by atoms with E-state index in [1.165, 1.54) is 21.3 Å². The smallest absolute Gasteiger partial charge is 0.254 e. The number of hydrogen-bond acceptors (Lipinski definition) is 7. The minimum absolute atomic E-state index is 0.0408. The second-order valence-electron chi connectivity index (χ2n) is 9.29. The van der Waals surface area contributed by atoms with Gasteiger partial charge in [-0.3, -0.25) is 9.59 Å². The fourth-order valence-corrected chi connectivity index (χ4v) is 5.36. The second-order valence-corrected chi connectivity index (χ2v) is 9.29. The van der Waals surface area contributed by atoms with E-state index in [0.717, 1.165) is 19.3 Å². The Bertz CT molecular complexity index is 1110. The standard InChI is InChI=1S/C27H34N2O7/c1-32-20-8-7-18(13-21(20)33-2)25(30)29-12-10-27(17-29)9-6-11-28(16-27)26(31)19-14-22(34-3)24(36-5)23(15-19)35-4/h7-8,13-15H,6,9-12,16-17H2,1-5H3.